The van der Waals surface area contributed by atoms with Gasteiger partial charge in [0.05, 0.1) is 27.7 Å². The van der Waals surface area contributed by atoms with E-state index in [4.69, 9.17) is 19.0 Å². The predicted octanol–water partition coefficient (Wildman–Crippen LogP) is 6.64. The van der Waals surface area contributed by atoms with E-state index < -0.39 is 26.5 Å². The third kappa shape index (κ3) is 27.0. The Balaban J connectivity index is 3.60. The molecule has 9 nitrogen and oxygen atoms in total. The average molecular weight is 568 g/mol. The summed E-state index contributed by atoms with van der Waals surface area (Å²) >= 11 is 0. The van der Waals surface area contributed by atoms with Crippen LogP contribution in [-0.2, 0) is 28.0 Å². The van der Waals surface area contributed by atoms with Crippen molar-refractivity contribution >= 4 is 13.8 Å². The minimum absolute atomic E-state index is 0.0245. The Morgan fingerprint density at radius 2 is 1.21 bits per heavy atom. The Hall–Kier alpha value is -0.540. The Kier molecular flexibility index (Phi) is 23.9. The van der Waals surface area contributed by atoms with Gasteiger partial charge in [-0.3, -0.25) is 14.6 Å². The number of quaternary nitrogens is 1. The van der Waals surface area contributed by atoms with E-state index in [9.17, 15) is 14.3 Å². The van der Waals surface area contributed by atoms with Crippen LogP contribution >= 0.6 is 7.82 Å². The van der Waals surface area contributed by atoms with Crippen molar-refractivity contribution in [3.8, 4) is 0 Å². The van der Waals surface area contributed by atoms with Crippen LogP contribution in [-0.4, -0.2) is 69.3 Å². The van der Waals surface area contributed by atoms with Crippen LogP contribution in [0.3, 0.4) is 0 Å². The maximum atomic E-state index is 11.9. The molecule has 10 heteroatoms. The van der Waals surface area contributed by atoms with Crippen molar-refractivity contribution in [1.29, 1.82) is 0 Å². The highest BCUT2D eigenvalue weighted by atomic mass is 31.2. The lowest BCUT2D eigenvalue weighted by Gasteiger charge is -2.27. The zero-order valence-electron chi connectivity index (χ0n) is 24.8. The van der Waals surface area contributed by atoms with Gasteiger partial charge in [0, 0.05) is 6.42 Å². The fourth-order valence-corrected chi connectivity index (χ4v) is 4.73. The number of carbonyl (C=O) groups excluding carboxylic acids is 1. The van der Waals surface area contributed by atoms with Gasteiger partial charge in [0.2, 0.25) is 0 Å². The SMILES string of the molecule is CCCCCCCCCCCCCCCCCCCC(=O)OC[C@H](COP(=O)([O-])OCC[N+](C)(C)C)OO. The number of phosphoric ester groups is 1. The highest BCUT2D eigenvalue weighted by Crippen LogP contribution is 2.38. The zero-order valence-corrected chi connectivity index (χ0v) is 25.7. The van der Waals surface area contributed by atoms with Crippen molar-refractivity contribution in [2.45, 2.75) is 129 Å². The lowest BCUT2D eigenvalue weighted by atomic mass is 10.0. The number of rotatable bonds is 28. The molecular weight excluding hydrogens is 509 g/mol. The molecule has 2 atom stereocenters. The van der Waals surface area contributed by atoms with Gasteiger partial charge in [-0.05, 0) is 6.42 Å². The molecular formula is C28H58NO8P. The lowest BCUT2D eigenvalue weighted by molar-refractivity contribution is -0.870. The van der Waals surface area contributed by atoms with E-state index in [2.05, 4.69) is 11.8 Å². The summed E-state index contributed by atoms with van der Waals surface area (Å²) in [6.45, 7) is 1.91. The smallest absolute Gasteiger partial charge is 0.305 e. The number of nitrogens with zero attached hydrogens (tertiary/aromatic N) is 1. The molecule has 0 fully saturated rings. The number of likely N-dealkylation sites (N-methyl/N-ethyl adjacent to an activating group) is 1. The molecule has 1 N–H and O–H groups in total. The van der Waals surface area contributed by atoms with E-state index in [0.717, 1.165) is 19.3 Å². The number of phosphoric acid groups is 1. The van der Waals surface area contributed by atoms with Crippen molar-refractivity contribution in [2.75, 3.05) is 47.5 Å². The first kappa shape index (κ1) is 37.5. The molecule has 0 bridgehead atoms. The summed E-state index contributed by atoms with van der Waals surface area (Å²) in [5.74, 6) is -0.405. The Bertz CT molecular complexity index is 600. The molecule has 228 valence electrons. The number of hydrogen-bond donors (Lipinski definition) is 1. The number of carbonyl (C=O) groups is 1. The molecule has 0 aliphatic heterocycles. The first-order valence-corrected chi connectivity index (χ1v) is 16.4. The summed E-state index contributed by atoms with van der Waals surface area (Å²) in [7, 11) is 1.19. The molecule has 0 radical (unpaired) electrons. The van der Waals surface area contributed by atoms with E-state index in [0.29, 0.717) is 11.0 Å². The van der Waals surface area contributed by atoms with Crippen molar-refractivity contribution < 1.29 is 42.7 Å². The standard InChI is InChI=1S/C28H58NO8P/c1-5-6-7-8-9-10-11-12-13-14-15-16-17-18-19-20-21-22-28(30)34-25-27(37-31)26-36-38(32,33)35-24-23-29(2,3)4/h27H,5-26H2,1-4H3,(H-,31,32,33)/t27-/m1/s1. The van der Waals surface area contributed by atoms with Gasteiger partial charge in [-0.15, -0.1) is 0 Å². The third-order valence-corrected chi connectivity index (χ3v) is 7.46. The first-order chi connectivity index (χ1) is 18.1. The summed E-state index contributed by atoms with van der Waals surface area (Å²) < 4.78 is 26.9. The van der Waals surface area contributed by atoms with Crippen molar-refractivity contribution in [2.24, 2.45) is 0 Å². The van der Waals surface area contributed by atoms with Gasteiger partial charge in [0.1, 0.15) is 19.8 Å². The monoisotopic (exact) mass is 567 g/mol. The molecule has 0 aromatic rings. The van der Waals surface area contributed by atoms with Crippen molar-refractivity contribution in [3.05, 3.63) is 0 Å². The number of ether oxygens (including phenoxy) is 1. The fourth-order valence-electron chi connectivity index (χ4n) is 4.00. The second-order valence-corrected chi connectivity index (χ2v) is 12.8. The summed E-state index contributed by atoms with van der Waals surface area (Å²) in [6.07, 6.45) is 20.9. The molecule has 0 heterocycles. The van der Waals surface area contributed by atoms with Crippen LogP contribution in [0.25, 0.3) is 0 Å². The molecule has 0 saturated carbocycles. The van der Waals surface area contributed by atoms with Crippen LogP contribution < -0.4 is 4.89 Å². The first-order valence-electron chi connectivity index (χ1n) is 15.0. The number of unbranched alkanes of at least 4 members (excludes halogenated alkanes) is 16. The summed E-state index contributed by atoms with van der Waals surface area (Å²) in [6, 6.07) is 0. The highest BCUT2D eigenvalue weighted by molar-refractivity contribution is 7.45. The minimum Gasteiger partial charge on any atom is -0.756 e. The van der Waals surface area contributed by atoms with Gasteiger partial charge < -0.3 is 23.2 Å². The van der Waals surface area contributed by atoms with Crippen LogP contribution in [0.1, 0.15) is 122 Å². The normalized spacial score (nSPS) is 14.4. The van der Waals surface area contributed by atoms with Crippen LogP contribution in [0.4, 0.5) is 0 Å². The maximum absolute atomic E-state index is 11.9. The maximum Gasteiger partial charge on any atom is 0.305 e. The topological polar surface area (TPSA) is 114 Å². The molecule has 0 aromatic heterocycles. The quantitative estimate of drug-likeness (QED) is 0.0280. The van der Waals surface area contributed by atoms with Crippen LogP contribution in [0.15, 0.2) is 0 Å². The van der Waals surface area contributed by atoms with Gasteiger partial charge in [-0.1, -0.05) is 110 Å². The van der Waals surface area contributed by atoms with Crippen molar-refractivity contribution in [1.82, 2.24) is 0 Å². The van der Waals surface area contributed by atoms with E-state index in [-0.39, 0.29) is 19.6 Å². The number of esters is 1. The lowest BCUT2D eigenvalue weighted by Crippen LogP contribution is -2.37. The Morgan fingerprint density at radius 3 is 1.63 bits per heavy atom. The second kappa shape index (κ2) is 24.3. The van der Waals surface area contributed by atoms with Crippen LogP contribution in [0, 0.1) is 0 Å². The molecule has 1 unspecified atom stereocenters. The largest absolute Gasteiger partial charge is 0.756 e. The molecule has 0 aromatic carbocycles. The summed E-state index contributed by atoms with van der Waals surface area (Å²) in [5, 5.41) is 8.94. The molecule has 38 heavy (non-hydrogen) atoms. The molecule has 0 rings (SSSR count). The summed E-state index contributed by atoms with van der Waals surface area (Å²) in [4.78, 5) is 27.9. The van der Waals surface area contributed by atoms with Gasteiger partial charge >= 0.3 is 5.97 Å². The fraction of sp³-hybridized carbons (Fsp3) is 0.964. The highest BCUT2D eigenvalue weighted by Gasteiger charge is 2.19. The van der Waals surface area contributed by atoms with E-state index in [1.54, 1.807) is 0 Å². The van der Waals surface area contributed by atoms with Gasteiger partial charge in [0.25, 0.3) is 7.82 Å². The molecule has 0 spiro atoms. The van der Waals surface area contributed by atoms with Crippen LogP contribution in [0.5, 0.6) is 0 Å². The molecule has 0 saturated heterocycles. The summed E-state index contributed by atoms with van der Waals surface area (Å²) in [5.41, 5.74) is 0. The zero-order chi connectivity index (χ0) is 28.5. The third-order valence-electron chi connectivity index (χ3n) is 6.49. The Labute approximate surface area is 232 Å². The minimum atomic E-state index is -4.53. The molecule has 0 aliphatic carbocycles. The van der Waals surface area contributed by atoms with Crippen molar-refractivity contribution in [3.63, 3.8) is 0 Å². The molecule has 0 aliphatic rings. The van der Waals surface area contributed by atoms with E-state index in [1.165, 1.54) is 89.9 Å². The predicted molar refractivity (Wildman–Crippen MR) is 150 cm³/mol. The van der Waals surface area contributed by atoms with Gasteiger partial charge in [-0.25, -0.2) is 4.89 Å². The van der Waals surface area contributed by atoms with E-state index >= 15 is 0 Å². The number of hydrogen-bond acceptors (Lipinski definition) is 8. The molecule has 0 amide bonds. The van der Waals surface area contributed by atoms with Crippen LogP contribution in [0.2, 0.25) is 0 Å². The van der Waals surface area contributed by atoms with Gasteiger partial charge in [-0.2, -0.15) is 0 Å². The Morgan fingerprint density at radius 1 is 0.763 bits per heavy atom. The second-order valence-electron chi connectivity index (χ2n) is 11.4. The average Bonchev–Trinajstić information content (AvgIpc) is 2.85. The van der Waals surface area contributed by atoms with E-state index in [1.807, 2.05) is 21.1 Å². The van der Waals surface area contributed by atoms with Gasteiger partial charge in [0.15, 0.2) is 6.10 Å².